The largest absolute Gasteiger partial charge is 0.341 e. The molecule has 1 aliphatic heterocycles. The molecule has 1 aromatic carbocycles. The number of aromatic nitrogens is 1. The molecule has 158 valence electrons. The van der Waals surface area contributed by atoms with Crippen LogP contribution in [0.15, 0.2) is 24.3 Å². The summed E-state index contributed by atoms with van der Waals surface area (Å²) in [5.74, 6) is 0.637. The summed E-state index contributed by atoms with van der Waals surface area (Å²) in [6.45, 7) is 2.32. The van der Waals surface area contributed by atoms with Crippen molar-refractivity contribution in [1.29, 1.82) is 0 Å². The van der Waals surface area contributed by atoms with E-state index < -0.39 is 15.7 Å². The number of hydrogen-bond acceptors (Lipinski definition) is 7. The Bertz CT molecular complexity index is 1010. The lowest BCUT2D eigenvalue weighted by Crippen LogP contribution is -2.42. The number of anilines is 1. The van der Waals surface area contributed by atoms with E-state index in [4.69, 9.17) is 0 Å². The topological polar surface area (TPSA) is 123 Å². The van der Waals surface area contributed by atoms with Crippen LogP contribution in [0.5, 0.6) is 0 Å². The number of carbonyl (C=O) groups excluding carboxylic acids is 2. The zero-order chi connectivity index (χ0) is 21.7. The molecule has 0 unspecified atom stereocenters. The molecule has 0 radical (unpaired) electrons. The van der Waals surface area contributed by atoms with Gasteiger partial charge in [0.15, 0.2) is 5.13 Å². The first-order valence-corrected chi connectivity index (χ1v) is 11.4. The maximum Gasteiger partial charge on any atom is 0.269 e. The lowest BCUT2D eigenvalue weighted by molar-refractivity contribution is -0.384. The molecule has 0 aliphatic carbocycles. The lowest BCUT2D eigenvalue weighted by Gasteiger charge is -2.26. The van der Waals surface area contributed by atoms with Crippen LogP contribution in [0, 0.1) is 10.1 Å². The highest BCUT2D eigenvalue weighted by Gasteiger charge is 2.22. The average molecular weight is 449 g/mol. The van der Waals surface area contributed by atoms with Gasteiger partial charge in [0.1, 0.15) is 0 Å². The van der Waals surface area contributed by atoms with E-state index in [-0.39, 0.29) is 23.9 Å². The quantitative estimate of drug-likeness (QED) is 0.534. The van der Waals surface area contributed by atoms with Crippen molar-refractivity contribution >= 4 is 56.9 Å². The Morgan fingerprint density at radius 3 is 2.53 bits per heavy atom. The van der Waals surface area contributed by atoms with Crippen LogP contribution in [0.3, 0.4) is 0 Å². The molecule has 3 rings (SSSR count). The Labute approximate surface area is 179 Å². The van der Waals surface area contributed by atoms with Gasteiger partial charge in [-0.25, -0.2) is 4.98 Å². The van der Waals surface area contributed by atoms with Gasteiger partial charge in [-0.1, -0.05) is 6.08 Å². The van der Waals surface area contributed by atoms with Crippen LogP contribution in [0.25, 0.3) is 12.2 Å². The van der Waals surface area contributed by atoms with E-state index in [2.05, 4.69) is 10.3 Å². The third-order valence-corrected chi connectivity index (χ3v) is 6.65. The van der Waals surface area contributed by atoms with Crippen molar-refractivity contribution < 1.29 is 18.7 Å². The molecule has 9 nitrogen and oxygen atoms in total. The number of non-ortho nitro benzene ring substituents is 1. The molecule has 1 N–H and O–H groups in total. The summed E-state index contributed by atoms with van der Waals surface area (Å²) in [4.78, 5) is 41.1. The van der Waals surface area contributed by atoms with Gasteiger partial charge in [0.25, 0.3) is 5.69 Å². The molecule has 1 fully saturated rings. The van der Waals surface area contributed by atoms with Crippen LogP contribution in [-0.2, 0) is 26.8 Å². The Morgan fingerprint density at radius 1 is 1.27 bits per heavy atom. The first-order valence-electron chi connectivity index (χ1n) is 9.14. The zero-order valence-corrected chi connectivity index (χ0v) is 17.8. The van der Waals surface area contributed by atoms with Crippen molar-refractivity contribution in [3.8, 4) is 0 Å². The predicted octanol–water partition coefficient (Wildman–Crippen LogP) is 2.31. The summed E-state index contributed by atoms with van der Waals surface area (Å²) in [6, 6.07) is 6.06. The molecule has 2 aromatic rings. The van der Waals surface area contributed by atoms with Gasteiger partial charge in [0.05, 0.1) is 17.0 Å². The Kier molecular flexibility index (Phi) is 7.06. The number of thiazole rings is 1. The van der Waals surface area contributed by atoms with Crippen LogP contribution in [0.4, 0.5) is 10.8 Å². The first kappa shape index (κ1) is 21.8. The number of hydrogen-bond donors (Lipinski definition) is 1. The SMILES string of the molecule is CC(=O)Nc1nc(/C=C\c2ccc([N+](=O)[O-])cc2)c(CC(=O)N2CCS(=O)CC2)s1. The number of nitro benzene ring substituents is 1. The Morgan fingerprint density at radius 2 is 1.93 bits per heavy atom. The lowest BCUT2D eigenvalue weighted by atomic mass is 10.1. The molecule has 0 spiro atoms. The average Bonchev–Trinajstić information content (AvgIpc) is 3.07. The maximum atomic E-state index is 12.7. The normalized spacial score (nSPS) is 14.8. The highest BCUT2D eigenvalue weighted by molar-refractivity contribution is 7.85. The number of nitrogens with one attached hydrogen (secondary N) is 1. The van der Waals surface area contributed by atoms with Gasteiger partial charge < -0.3 is 10.2 Å². The van der Waals surface area contributed by atoms with E-state index in [1.807, 2.05) is 0 Å². The molecule has 2 heterocycles. The molecule has 1 aromatic heterocycles. The molecular weight excluding hydrogens is 428 g/mol. The van der Waals surface area contributed by atoms with Crippen LogP contribution in [0.1, 0.15) is 23.1 Å². The van der Waals surface area contributed by atoms with Gasteiger partial charge in [-0.15, -0.1) is 11.3 Å². The van der Waals surface area contributed by atoms with Crippen molar-refractivity contribution in [2.24, 2.45) is 0 Å². The minimum absolute atomic E-state index is 0.00232. The second kappa shape index (κ2) is 9.72. The molecule has 0 bridgehead atoms. The number of nitrogens with zero attached hydrogens (tertiary/aromatic N) is 3. The number of benzene rings is 1. The van der Waals surface area contributed by atoms with Crippen molar-refractivity contribution in [3.05, 3.63) is 50.5 Å². The summed E-state index contributed by atoms with van der Waals surface area (Å²) in [7, 11) is -0.864. The van der Waals surface area contributed by atoms with Gasteiger partial charge >= 0.3 is 0 Å². The van der Waals surface area contributed by atoms with Gasteiger partial charge in [-0.05, 0) is 23.8 Å². The summed E-state index contributed by atoms with van der Waals surface area (Å²) >= 11 is 1.23. The smallest absolute Gasteiger partial charge is 0.269 e. The van der Waals surface area contributed by atoms with E-state index in [1.165, 1.54) is 30.4 Å². The predicted molar refractivity (Wildman–Crippen MR) is 117 cm³/mol. The van der Waals surface area contributed by atoms with Gasteiger partial charge in [-0.3, -0.25) is 23.9 Å². The van der Waals surface area contributed by atoms with E-state index in [9.17, 15) is 23.9 Å². The minimum atomic E-state index is -0.864. The second-order valence-electron chi connectivity index (χ2n) is 6.60. The summed E-state index contributed by atoms with van der Waals surface area (Å²) < 4.78 is 11.5. The maximum absolute atomic E-state index is 12.7. The number of nitro groups is 1. The van der Waals surface area contributed by atoms with E-state index in [0.29, 0.717) is 40.3 Å². The molecule has 2 amide bonds. The summed E-state index contributed by atoms with van der Waals surface area (Å²) in [5.41, 5.74) is 1.30. The van der Waals surface area contributed by atoms with Crippen LogP contribution in [-0.4, -0.2) is 55.4 Å². The zero-order valence-electron chi connectivity index (χ0n) is 16.2. The Hall–Kier alpha value is -2.92. The highest BCUT2D eigenvalue weighted by Crippen LogP contribution is 2.26. The molecule has 1 saturated heterocycles. The summed E-state index contributed by atoms with van der Waals surface area (Å²) in [6.07, 6.45) is 3.59. The fourth-order valence-electron chi connectivity index (χ4n) is 2.84. The number of amides is 2. The number of rotatable bonds is 6. The van der Waals surface area contributed by atoms with E-state index >= 15 is 0 Å². The van der Waals surface area contributed by atoms with Crippen LogP contribution in [0.2, 0.25) is 0 Å². The molecular formula is C19H20N4O5S2. The van der Waals surface area contributed by atoms with E-state index in [0.717, 1.165) is 5.56 Å². The molecule has 11 heteroatoms. The van der Waals surface area contributed by atoms with Crippen molar-refractivity contribution in [2.45, 2.75) is 13.3 Å². The monoisotopic (exact) mass is 448 g/mol. The summed E-state index contributed by atoms with van der Waals surface area (Å²) in [5, 5.41) is 13.8. The molecule has 30 heavy (non-hydrogen) atoms. The number of carbonyl (C=O) groups is 2. The third kappa shape index (κ3) is 5.80. The minimum Gasteiger partial charge on any atom is -0.341 e. The van der Waals surface area contributed by atoms with Crippen molar-refractivity contribution in [1.82, 2.24) is 9.88 Å². The fraction of sp³-hybridized carbons (Fsp3) is 0.316. The van der Waals surface area contributed by atoms with Crippen LogP contribution < -0.4 is 5.32 Å². The first-order chi connectivity index (χ1) is 14.3. The molecule has 0 saturated carbocycles. The molecule has 1 aliphatic rings. The standard InChI is InChI=1S/C19H20N4O5S2/c1-13(24)20-19-21-16(7-4-14-2-5-15(6-3-14)23(26)27)17(29-19)12-18(25)22-8-10-30(28)11-9-22/h2-7H,8-12H2,1H3,(H,20,21,24)/b7-4-. The van der Waals surface area contributed by atoms with Gasteiger partial charge in [0.2, 0.25) is 11.8 Å². The van der Waals surface area contributed by atoms with Gasteiger partial charge in [-0.2, -0.15) is 0 Å². The third-order valence-electron chi connectivity index (χ3n) is 4.39. The van der Waals surface area contributed by atoms with Gasteiger partial charge in [0, 0.05) is 59.3 Å². The van der Waals surface area contributed by atoms with E-state index in [1.54, 1.807) is 29.2 Å². The van der Waals surface area contributed by atoms with Crippen molar-refractivity contribution in [2.75, 3.05) is 29.9 Å². The second-order valence-corrected chi connectivity index (χ2v) is 9.38. The fourth-order valence-corrected chi connectivity index (χ4v) is 4.88. The highest BCUT2D eigenvalue weighted by atomic mass is 32.2. The molecule has 0 atom stereocenters. The van der Waals surface area contributed by atoms with Crippen LogP contribution >= 0.6 is 11.3 Å². The van der Waals surface area contributed by atoms with Crippen molar-refractivity contribution in [3.63, 3.8) is 0 Å². The Balaban J connectivity index is 1.79.